The first-order valence-corrected chi connectivity index (χ1v) is 11.1. The molecule has 2 aliphatic rings. The Morgan fingerprint density at radius 1 is 1.26 bits per heavy atom. The number of esters is 1. The van der Waals surface area contributed by atoms with E-state index in [1.165, 1.54) is 6.07 Å². The largest absolute Gasteiger partial charge is 0.493 e. The van der Waals surface area contributed by atoms with Crippen LogP contribution in [0.3, 0.4) is 0 Å². The van der Waals surface area contributed by atoms with Crippen molar-refractivity contribution in [2.45, 2.75) is 19.4 Å². The monoisotopic (exact) mass is 463 g/mol. The first-order valence-electron chi connectivity index (χ1n) is 11.1. The number of carbonyl (C=O) groups excluding carboxylic acids is 1. The highest BCUT2D eigenvalue weighted by Gasteiger charge is 2.32. The fraction of sp³-hybridized carbons (Fsp3) is 0.292. The number of aryl methyl sites for hydroxylation is 1. The first-order chi connectivity index (χ1) is 16.5. The molecule has 0 saturated carbocycles. The van der Waals surface area contributed by atoms with Crippen molar-refractivity contribution in [3.63, 3.8) is 0 Å². The first kappa shape index (κ1) is 20.5. The van der Waals surface area contributed by atoms with Gasteiger partial charge in [0.2, 0.25) is 0 Å². The molecule has 3 aromatic heterocycles. The Kier molecular flexibility index (Phi) is 4.68. The highest BCUT2D eigenvalue weighted by atomic mass is 19.1. The van der Waals surface area contributed by atoms with Crippen LogP contribution in [0.5, 0.6) is 11.5 Å². The van der Waals surface area contributed by atoms with Crippen LogP contribution in [-0.4, -0.2) is 45.0 Å². The number of hydrogen-bond donors (Lipinski definition) is 1. The normalized spacial score (nSPS) is 16.4. The van der Waals surface area contributed by atoms with E-state index in [-0.39, 0.29) is 30.6 Å². The Morgan fingerprint density at radius 3 is 2.85 bits per heavy atom. The maximum Gasteiger partial charge on any atom is 0.358 e. The molecule has 1 N–H and O–H groups in total. The van der Waals surface area contributed by atoms with Gasteiger partial charge in [-0.15, -0.1) is 0 Å². The lowest BCUT2D eigenvalue weighted by atomic mass is 9.96. The van der Waals surface area contributed by atoms with E-state index in [0.29, 0.717) is 41.7 Å². The fourth-order valence-corrected chi connectivity index (χ4v) is 4.67. The van der Waals surface area contributed by atoms with Crippen molar-refractivity contribution in [1.29, 1.82) is 0 Å². The summed E-state index contributed by atoms with van der Waals surface area (Å²) in [7, 11) is 1.83. The van der Waals surface area contributed by atoms with E-state index in [1.807, 2.05) is 19.2 Å². The number of carbonyl (C=O) groups is 1. The summed E-state index contributed by atoms with van der Waals surface area (Å²) in [5.74, 6) is 0.895. The van der Waals surface area contributed by atoms with Crippen molar-refractivity contribution in [3.8, 4) is 22.8 Å². The SMILES string of the molecule is CCOC(=O)c1cn2c3c(cc(-c4ccnn4C)c2n1)OC[C@H]1COc2ccc(F)c(c21)CN3. The number of hydrogen-bond acceptors (Lipinski definition) is 7. The summed E-state index contributed by atoms with van der Waals surface area (Å²) in [6.07, 6.45) is 3.30. The summed E-state index contributed by atoms with van der Waals surface area (Å²) in [4.78, 5) is 17.1. The van der Waals surface area contributed by atoms with Crippen LogP contribution in [0.4, 0.5) is 10.2 Å². The number of nitrogens with one attached hydrogen (secondary N) is 1. The average molecular weight is 463 g/mol. The maximum absolute atomic E-state index is 14.9. The molecule has 1 atom stereocenters. The Labute approximate surface area is 194 Å². The zero-order chi connectivity index (χ0) is 23.4. The molecule has 6 rings (SSSR count). The van der Waals surface area contributed by atoms with E-state index < -0.39 is 5.97 Å². The topological polar surface area (TPSA) is 91.9 Å². The van der Waals surface area contributed by atoms with Gasteiger partial charge in [-0.1, -0.05) is 0 Å². The minimum absolute atomic E-state index is 0.0952. The Bertz CT molecular complexity index is 1440. The molecule has 0 bridgehead atoms. The second-order valence-electron chi connectivity index (χ2n) is 8.26. The number of anilines is 1. The number of imidazole rings is 1. The molecule has 0 aliphatic carbocycles. The van der Waals surface area contributed by atoms with Gasteiger partial charge in [0.05, 0.1) is 31.4 Å². The molecule has 0 radical (unpaired) electrons. The zero-order valence-corrected chi connectivity index (χ0v) is 18.7. The smallest absolute Gasteiger partial charge is 0.358 e. The Morgan fingerprint density at radius 2 is 2.09 bits per heavy atom. The van der Waals surface area contributed by atoms with Gasteiger partial charge in [-0.25, -0.2) is 14.2 Å². The van der Waals surface area contributed by atoms with E-state index in [1.54, 1.807) is 34.5 Å². The summed E-state index contributed by atoms with van der Waals surface area (Å²) >= 11 is 0. The van der Waals surface area contributed by atoms with Crippen LogP contribution in [0.25, 0.3) is 16.9 Å². The molecule has 0 unspecified atom stereocenters. The van der Waals surface area contributed by atoms with Crippen molar-refractivity contribution in [2.75, 3.05) is 25.1 Å². The lowest BCUT2D eigenvalue weighted by molar-refractivity contribution is 0.0520. The van der Waals surface area contributed by atoms with Crippen LogP contribution >= 0.6 is 0 Å². The predicted octanol–water partition coefficient (Wildman–Crippen LogP) is 3.53. The van der Waals surface area contributed by atoms with E-state index in [9.17, 15) is 9.18 Å². The lowest BCUT2D eigenvalue weighted by Crippen LogP contribution is -2.13. The second kappa shape index (κ2) is 7.75. The van der Waals surface area contributed by atoms with Gasteiger partial charge in [0, 0.05) is 42.7 Å². The molecule has 2 aliphatic heterocycles. The van der Waals surface area contributed by atoms with Crippen LogP contribution < -0.4 is 14.8 Å². The fourth-order valence-electron chi connectivity index (χ4n) is 4.67. The van der Waals surface area contributed by atoms with Gasteiger partial charge < -0.3 is 19.5 Å². The molecule has 0 fully saturated rings. The molecule has 174 valence electrons. The molecule has 0 spiro atoms. The number of ether oxygens (including phenoxy) is 3. The quantitative estimate of drug-likeness (QED) is 0.465. The van der Waals surface area contributed by atoms with Crippen LogP contribution in [0.1, 0.15) is 34.5 Å². The molecule has 9 nitrogen and oxygen atoms in total. The molecule has 34 heavy (non-hydrogen) atoms. The Hall–Kier alpha value is -4.08. The van der Waals surface area contributed by atoms with Gasteiger partial charge in [-0.05, 0) is 31.2 Å². The number of halogens is 1. The van der Waals surface area contributed by atoms with Crippen LogP contribution in [0.2, 0.25) is 0 Å². The molecule has 0 saturated heterocycles. The highest BCUT2D eigenvalue weighted by molar-refractivity contribution is 5.90. The van der Waals surface area contributed by atoms with Crippen LogP contribution in [-0.2, 0) is 18.3 Å². The van der Waals surface area contributed by atoms with Gasteiger partial charge in [0.25, 0.3) is 0 Å². The van der Waals surface area contributed by atoms with Crippen LogP contribution in [0, 0.1) is 5.82 Å². The number of nitrogens with zero attached hydrogens (tertiary/aromatic N) is 4. The van der Waals surface area contributed by atoms with E-state index >= 15 is 0 Å². The molecule has 10 heteroatoms. The summed E-state index contributed by atoms with van der Waals surface area (Å²) in [6, 6.07) is 6.83. The van der Waals surface area contributed by atoms with Crippen molar-refractivity contribution in [3.05, 3.63) is 59.3 Å². The van der Waals surface area contributed by atoms with Gasteiger partial charge in [-0.3, -0.25) is 9.08 Å². The zero-order valence-electron chi connectivity index (χ0n) is 18.7. The Balaban J connectivity index is 1.55. The van der Waals surface area contributed by atoms with Gasteiger partial charge in [0.1, 0.15) is 17.2 Å². The third-order valence-corrected chi connectivity index (χ3v) is 6.26. The summed E-state index contributed by atoms with van der Waals surface area (Å²) in [5, 5.41) is 7.59. The van der Waals surface area contributed by atoms with Crippen molar-refractivity contribution >= 4 is 17.4 Å². The standard InChI is InChI=1S/C24H22FN5O4/c1-3-32-24(31)17-10-30-22(28-17)14(18-6-7-27-29(18)2)8-20-23(30)26-9-15-16(25)4-5-19-21(15)13(11-33-19)12-34-20/h4-8,10,13,26H,3,9,11-12H2,1-2H3/t13-/m1/s1. The van der Waals surface area contributed by atoms with E-state index in [2.05, 4.69) is 15.4 Å². The van der Waals surface area contributed by atoms with Gasteiger partial charge >= 0.3 is 5.97 Å². The summed E-state index contributed by atoms with van der Waals surface area (Å²) in [6.45, 7) is 2.94. The van der Waals surface area contributed by atoms with Crippen molar-refractivity contribution in [2.24, 2.45) is 7.05 Å². The number of rotatable bonds is 3. The van der Waals surface area contributed by atoms with E-state index in [0.717, 1.165) is 16.8 Å². The molecular formula is C24H22FN5O4. The number of fused-ring (bicyclic) bond motifs is 3. The van der Waals surface area contributed by atoms with Crippen molar-refractivity contribution < 1.29 is 23.4 Å². The van der Waals surface area contributed by atoms with Gasteiger partial charge in [0.15, 0.2) is 17.3 Å². The van der Waals surface area contributed by atoms with Crippen molar-refractivity contribution in [1.82, 2.24) is 19.2 Å². The average Bonchev–Trinajstić information content (AvgIpc) is 3.55. The third kappa shape index (κ3) is 3.09. The number of aromatic nitrogens is 4. The summed E-state index contributed by atoms with van der Waals surface area (Å²) < 4.78 is 35.6. The lowest BCUT2D eigenvalue weighted by Gasteiger charge is -2.17. The maximum atomic E-state index is 14.9. The highest BCUT2D eigenvalue weighted by Crippen LogP contribution is 2.42. The van der Waals surface area contributed by atoms with Crippen LogP contribution in [0.15, 0.2) is 36.7 Å². The molecule has 0 amide bonds. The third-order valence-electron chi connectivity index (χ3n) is 6.26. The van der Waals surface area contributed by atoms with E-state index in [4.69, 9.17) is 14.2 Å². The van der Waals surface area contributed by atoms with Gasteiger partial charge in [-0.2, -0.15) is 5.10 Å². The number of pyridine rings is 1. The predicted molar refractivity (Wildman–Crippen MR) is 121 cm³/mol. The molecule has 1 aromatic carbocycles. The molecule has 5 heterocycles. The minimum Gasteiger partial charge on any atom is -0.493 e. The number of benzene rings is 1. The summed E-state index contributed by atoms with van der Waals surface area (Å²) in [5.41, 5.74) is 3.62. The molecule has 4 aromatic rings. The molecular weight excluding hydrogens is 441 g/mol. The minimum atomic E-state index is -0.521. The second-order valence-corrected chi connectivity index (χ2v) is 8.26.